The van der Waals surface area contributed by atoms with Crippen molar-refractivity contribution >= 4 is 23.2 Å². The summed E-state index contributed by atoms with van der Waals surface area (Å²) in [5.41, 5.74) is 2.48. The molecule has 1 aliphatic heterocycles. The summed E-state index contributed by atoms with van der Waals surface area (Å²) < 4.78 is 5.51. The first kappa shape index (κ1) is 24.3. The van der Waals surface area contributed by atoms with Gasteiger partial charge in [-0.05, 0) is 42.9 Å². The molecule has 3 atom stereocenters. The molecule has 0 radical (unpaired) electrons. The van der Waals surface area contributed by atoms with E-state index in [0.717, 1.165) is 12.0 Å². The van der Waals surface area contributed by atoms with Crippen molar-refractivity contribution in [3.63, 3.8) is 0 Å². The molecule has 2 aromatic carbocycles. The van der Waals surface area contributed by atoms with Crippen molar-refractivity contribution < 1.29 is 24.4 Å². The zero-order chi connectivity index (χ0) is 25.1. The van der Waals surface area contributed by atoms with E-state index in [9.17, 15) is 24.8 Å². The van der Waals surface area contributed by atoms with Crippen LogP contribution in [0, 0.1) is 16.0 Å². The summed E-state index contributed by atoms with van der Waals surface area (Å²) >= 11 is 0. The SMILES string of the molecule is CCCCOC(=O)C1C(C)=NC2=C(C(=O)C[C@@H](c3ccccc3)C2)[C@@H]1c1ccc(O)c([N+](=O)[O-])c1. The number of aromatic hydroxyl groups is 1. The van der Waals surface area contributed by atoms with Crippen LogP contribution in [-0.2, 0) is 14.3 Å². The Labute approximate surface area is 203 Å². The number of carbonyl (C=O) groups is 2. The monoisotopic (exact) mass is 476 g/mol. The summed E-state index contributed by atoms with van der Waals surface area (Å²) in [5.74, 6) is -2.82. The molecule has 1 heterocycles. The molecule has 35 heavy (non-hydrogen) atoms. The van der Waals surface area contributed by atoms with Crippen LogP contribution >= 0.6 is 0 Å². The molecule has 4 rings (SSSR count). The van der Waals surface area contributed by atoms with E-state index in [2.05, 4.69) is 0 Å². The fourth-order valence-corrected chi connectivity index (χ4v) is 4.97. The molecule has 0 saturated heterocycles. The van der Waals surface area contributed by atoms with Gasteiger partial charge in [-0.15, -0.1) is 0 Å². The number of nitro benzene ring substituents is 1. The molecule has 182 valence electrons. The first-order chi connectivity index (χ1) is 16.8. The highest BCUT2D eigenvalue weighted by atomic mass is 16.6. The number of unbranched alkanes of at least 4 members (excludes halogenated alkanes) is 1. The average Bonchev–Trinajstić information content (AvgIpc) is 2.83. The van der Waals surface area contributed by atoms with Crippen LogP contribution in [0.1, 0.15) is 62.5 Å². The summed E-state index contributed by atoms with van der Waals surface area (Å²) in [6.07, 6.45) is 2.34. The number of phenols is 1. The van der Waals surface area contributed by atoms with E-state index in [0.29, 0.717) is 35.4 Å². The molecule has 0 bridgehead atoms. The number of ether oxygens (including phenoxy) is 1. The molecule has 0 fully saturated rings. The predicted molar refractivity (Wildman–Crippen MR) is 130 cm³/mol. The lowest BCUT2D eigenvalue weighted by atomic mass is 9.69. The molecule has 0 spiro atoms. The second kappa shape index (κ2) is 10.2. The molecule has 2 aliphatic rings. The van der Waals surface area contributed by atoms with Crippen molar-refractivity contribution in [1.29, 1.82) is 0 Å². The lowest BCUT2D eigenvalue weighted by Crippen LogP contribution is -2.38. The number of carbonyl (C=O) groups excluding carboxylic acids is 2. The summed E-state index contributed by atoms with van der Waals surface area (Å²) in [4.78, 5) is 42.3. The Hall–Kier alpha value is -3.81. The Morgan fingerprint density at radius 2 is 1.91 bits per heavy atom. The quantitative estimate of drug-likeness (QED) is 0.253. The van der Waals surface area contributed by atoms with Crippen molar-refractivity contribution in [3.05, 3.63) is 81.0 Å². The molecule has 0 aromatic heterocycles. The maximum atomic E-state index is 13.6. The first-order valence-electron chi connectivity index (χ1n) is 11.8. The molecule has 0 saturated carbocycles. The number of nitro groups is 1. The van der Waals surface area contributed by atoms with Crippen LogP contribution in [-0.4, -0.2) is 34.1 Å². The number of aliphatic imine (C=N–C) groups is 1. The Balaban J connectivity index is 1.80. The van der Waals surface area contributed by atoms with Crippen molar-refractivity contribution in [1.82, 2.24) is 0 Å². The van der Waals surface area contributed by atoms with E-state index in [4.69, 9.17) is 9.73 Å². The molecule has 1 aliphatic carbocycles. The first-order valence-corrected chi connectivity index (χ1v) is 11.8. The molecular formula is C27H28N2O6. The van der Waals surface area contributed by atoms with Crippen LogP contribution in [0.4, 0.5) is 5.69 Å². The number of phenolic OH excluding ortho intramolecular Hbond substituents is 1. The van der Waals surface area contributed by atoms with Gasteiger partial charge >= 0.3 is 11.7 Å². The number of Topliss-reactive ketones (excluding diaryl/α,β-unsaturated/α-hetero) is 1. The topological polar surface area (TPSA) is 119 Å². The van der Waals surface area contributed by atoms with Crippen molar-refractivity contribution in [2.45, 2.75) is 51.4 Å². The molecule has 1 unspecified atom stereocenters. The number of nitrogens with zero attached hydrogens (tertiary/aromatic N) is 2. The lowest BCUT2D eigenvalue weighted by Gasteiger charge is -2.36. The van der Waals surface area contributed by atoms with Crippen LogP contribution in [0.5, 0.6) is 5.75 Å². The zero-order valence-corrected chi connectivity index (χ0v) is 19.8. The minimum Gasteiger partial charge on any atom is -0.502 e. The summed E-state index contributed by atoms with van der Waals surface area (Å²) in [5, 5.41) is 21.5. The molecule has 8 nitrogen and oxygen atoms in total. The minimum atomic E-state index is -0.882. The van der Waals surface area contributed by atoms with Crippen molar-refractivity contribution in [2.75, 3.05) is 6.61 Å². The highest BCUT2D eigenvalue weighted by molar-refractivity contribution is 6.09. The second-order valence-electron chi connectivity index (χ2n) is 9.03. The minimum absolute atomic E-state index is 0.0399. The Morgan fingerprint density at radius 1 is 1.17 bits per heavy atom. The van der Waals surface area contributed by atoms with Gasteiger partial charge in [0.1, 0.15) is 5.92 Å². The van der Waals surface area contributed by atoms with Crippen LogP contribution < -0.4 is 0 Å². The Morgan fingerprint density at radius 3 is 2.60 bits per heavy atom. The number of hydrogen-bond donors (Lipinski definition) is 1. The summed E-state index contributed by atoms with van der Waals surface area (Å²) in [7, 11) is 0. The average molecular weight is 477 g/mol. The maximum absolute atomic E-state index is 13.6. The summed E-state index contributed by atoms with van der Waals surface area (Å²) in [6.45, 7) is 3.96. The van der Waals surface area contributed by atoms with E-state index in [1.54, 1.807) is 6.92 Å². The zero-order valence-electron chi connectivity index (χ0n) is 19.8. The van der Waals surface area contributed by atoms with Crippen LogP contribution in [0.3, 0.4) is 0 Å². The van der Waals surface area contributed by atoms with Crippen molar-refractivity contribution in [3.8, 4) is 5.75 Å². The van der Waals surface area contributed by atoms with E-state index in [1.807, 2.05) is 37.3 Å². The molecular weight excluding hydrogens is 448 g/mol. The van der Waals surface area contributed by atoms with Gasteiger partial charge < -0.3 is 9.84 Å². The maximum Gasteiger partial charge on any atom is 0.315 e. The lowest BCUT2D eigenvalue weighted by molar-refractivity contribution is -0.385. The van der Waals surface area contributed by atoms with Crippen molar-refractivity contribution in [2.24, 2.45) is 10.9 Å². The molecule has 8 heteroatoms. The van der Waals surface area contributed by atoms with E-state index in [1.165, 1.54) is 18.2 Å². The van der Waals surface area contributed by atoms with Gasteiger partial charge in [0.15, 0.2) is 11.5 Å². The molecule has 2 aromatic rings. The van der Waals surface area contributed by atoms with E-state index in [-0.39, 0.29) is 24.7 Å². The van der Waals surface area contributed by atoms with Gasteiger partial charge in [0.05, 0.1) is 11.5 Å². The molecule has 0 amide bonds. The third-order valence-electron chi connectivity index (χ3n) is 6.71. The van der Waals surface area contributed by atoms with Gasteiger partial charge in [-0.25, -0.2) is 0 Å². The predicted octanol–water partition coefficient (Wildman–Crippen LogP) is 5.22. The highest BCUT2D eigenvalue weighted by Gasteiger charge is 2.45. The number of hydrogen-bond acceptors (Lipinski definition) is 7. The van der Waals surface area contributed by atoms with Gasteiger partial charge in [0, 0.05) is 35.4 Å². The fourth-order valence-electron chi connectivity index (χ4n) is 4.97. The number of rotatable bonds is 7. The van der Waals surface area contributed by atoms with Gasteiger partial charge in [0.2, 0.25) is 0 Å². The van der Waals surface area contributed by atoms with Gasteiger partial charge in [-0.3, -0.25) is 24.7 Å². The largest absolute Gasteiger partial charge is 0.502 e. The van der Waals surface area contributed by atoms with Crippen LogP contribution in [0.2, 0.25) is 0 Å². The second-order valence-corrected chi connectivity index (χ2v) is 9.03. The number of esters is 1. The Bertz CT molecular complexity index is 1220. The fraction of sp³-hybridized carbons (Fsp3) is 0.370. The van der Waals surface area contributed by atoms with E-state index < -0.39 is 34.2 Å². The third-order valence-corrected chi connectivity index (χ3v) is 6.71. The summed E-state index contributed by atoms with van der Waals surface area (Å²) in [6, 6.07) is 13.7. The third kappa shape index (κ3) is 4.87. The highest BCUT2D eigenvalue weighted by Crippen LogP contribution is 2.47. The van der Waals surface area contributed by atoms with Gasteiger partial charge in [-0.1, -0.05) is 49.7 Å². The smallest absolute Gasteiger partial charge is 0.315 e. The van der Waals surface area contributed by atoms with E-state index >= 15 is 0 Å². The van der Waals surface area contributed by atoms with Gasteiger partial charge in [-0.2, -0.15) is 0 Å². The van der Waals surface area contributed by atoms with Crippen LogP contribution in [0.25, 0.3) is 0 Å². The standard InChI is InChI=1S/C27H28N2O6/c1-3-4-12-35-27(32)24-16(2)28-20-13-19(17-8-6-5-7-9-17)15-23(31)26(20)25(24)18-10-11-22(30)21(14-18)29(33)34/h5-11,14,19,24-25,30H,3-4,12-13,15H2,1-2H3/t19-,24?,25+/m0/s1. The number of ketones is 1. The Kier molecular flexibility index (Phi) is 7.10. The normalized spacial score (nSPS) is 21.8. The van der Waals surface area contributed by atoms with Gasteiger partial charge in [0.25, 0.3) is 0 Å². The van der Waals surface area contributed by atoms with Crippen LogP contribution in [0.15, 0.2) is 64.8 Å². The number of benzene rings is 2. The molecule has 1 N–H and O–H groups in total. The number of allylic oxidation sites excluding steroid dienone is 2.